The van der Waals surface area contributed by atoms with Crippen LogP contribution in [0.15, 0.2) is 35.4 Å². The van der Waals surface area contributed by atoms with Crippen molar-refractivity contribution >= 4 is 17.7 Å². The molecule has 0 saturated heterocycles. The molecule has 5 aliphatic rings. The van der Waals surface area contributed by atoms with E-state index >= 15 is 0 Å². The standard InChI is InChI=1S/C44H66N2O4/c1-39(2)22-24-44(38(50)45-26-27-46(8)9)25-23-42(6)32(33(44)28-39)15-17-36-41(5)20-18-29(40(3,4)35(41)19-21-43(36,42)7)14-16-34(47)30-12-10-11-13-31(30)37(48)49/h10-13,29,35-36H,14-28H2,1-9H3,(H,45,50)(H,48,49)/t29-,35-,36+,41-,42+,43+,44-/m0/s1. The predicted molar refractivity (Wildman–Crippen MR) is 201 cm³/mol. The van der Waals surface area contributed by atoms with Crippen molar-refractivity contribution in [3.8, 4) is 0 Å². The number of Topliss-reactive ketones (excluding diaryl/α,β-unsaturated/α-hetero) is 1. The molecule has 4 saturated carbocycles. The topological polar surface area (TPSA) is 86.7 Å². The van der Waals surface area contributed by atoms with Gasteiger partial charge in [-0.1, -0.05) is 77.8 Å². The third-order valence-electron chi connectivity index (χ3n) is 16.2. The fraction of sp³-hybridized carbons (Fsp3) is 0.750. The van der Waals surface area contributed by atoms with Gasteiger partial charge in [0.2, 0.25) is 5.91 Å². The number of fused-ring (bicyclic) bond motifs is 6. The molecule has 1 amide bonds. The number of carboxylic acids is 1. The number of hydrogen-bond donors (Lipinski definition) is 2. The van der Waals surface area contributed by atoms with Crippen LogP contribution < -0.4 is 5.32 Å². The van der Waals surface area contributed by atoms with E-state index in [0.717, 1.165) is 57.9 Å². The van der Waals surface area contributed by atoms with Gasteiger partial charge in [-0.05, 0) is 142 Å². The number of aromatic carboxylic acids is 1. The average molecular weight is 687 g/mol. The Balaban J connectivity index is 1.26. The number of amides is 1. The van der Waals surface area contributed by atoms with E-state index in [0.29, 0.717) is 36.3 Å². The van der Waals surface area contributed by atoms with Crippen molar-refractivity contribution in [1.82, 2.24) is 10.2 Å². The molecular weight excluding hydrogens is 620 g/mol. The molecular formula is C44H66N2O4. The molecule has 5 aliphatic carbocycles. The molecule has 0 aromatic heterocycles. The molecule has 0 aliphatic heterocycles. The Morgan fingerprint density at radius 2 is 1.50 bits per heavy atom. The van der Waals surface area contributed by atoms with E-state index < -0.39 is 5.97 Å². The molecule has 0 spiro atoms. The summed E-state index contributed by atoms with van der Waals surface area (Å²) in [6.45, 7) is 19.2. The van der Waals surface area contributed by atoms with Gasteiger partial charge in [-0.3, -0.25) is 9.59 Å². The van der Waals surface area contributed by atoms with Crippen LogP contribution in [0.1, 0.15) is 153 Å². The van der Waals surface area contributed by atoms with E-state index in [-0.39, 0.29) is 49.7 Å². The highest BCUT2D eigenvalue weighted by molar-refractivity contribution is 6.05. The van der Waals surface area contributed by atoms with Crippen LogP contribution in [0.4, 0.5) is 0 Å². The van der Waals surface area contributed by atoms with Gasteiger partial charge in [0.1, 0.15) is 0 Å². The lowest BCUT2D eigenvalue weighted by Gasteiger charge is -2.71. The quantitative estimate of drug-likeness (QED) is 0.200. The molecule has 2 N–H and O–H groups in total. The fourth-order valence-electron chi connectivity index (χ4n) is 13.1. The molecule has 6 rings (SSSR count). The minimum absolute atomic E-state index is 0.0465. The average Bonchev–Trinajstić information content (AvgIpc) is 3.04. The monoisotopic (exact) mass is 687 g/mol. The molecule has 0 heterocycles. The Morgan fingerprint density at radius 3 is 2.18 bits per heavy atom. The molecule has 0 unspecified atom stereocenters. The van der Waals surface area contributed by atoms with Crippen molar-refractivity contribution in [2.24, 2.45) is 50.2 Å². The van der Waals surface area contributed by atoms with E-state index in [4.69, 9.17) is 0 Å². The largest absolute Gasteiger partial charge is 0.478 e. The van der Waals surface area contributed by atoms with Gasteiger partial charge in [-0.2, -0.15) is 0 Å². The summed E-state index contributed by atoms with van der Waals surface area (Å²) in [5.41, 5.74) is 4.13. The van der Waals surface area contributed by atoms with Crippen LogP contribution >= 0.6 is 0 Å². The zero-order chi connectivity index (χ0) is 36.5. The minimum atomic E-state index is -1.04. The number of rotatable bonds is 9. The summed E-state index contributed by atoms with van der Waals surface area (Å²) in [4.78, 5) is 41.6. The molecule has 1 aromatic rings. The highest BCUT2D eigenvalue weighted by atomic mass is 16.4. The number of hydrogen-bond acceptors (Lipinski definition) is 4. The van der Waals surface area contributed by atoms with Gasteiger partial charge < -0.3 is 15.3 Å². The van der Waals surface area contributed by atoms with Crippen molar-refractivity contribution in [3.63, 3.8) is 0 Å². The summed E-state index contributed by atoms with van der Waals surface area (Å²) in [5.74, 6) is 0.859. The Hall–Kier alpha value is -2.47. The van der Waals surface area contributed by atoms with Crippen molar-refractivity contribution in [3.05, 3.63) is 46.5 Å². The second-order valence-electron chi connectivity index (χ2n) is 19.7. The van der Waals surface area contributed by atoms with Crippen LogP contribution in [0.25, 0.3) is 0 Å². The second-order valence-corrected chi connectivity index (χ2v) is 19.7. The van der Waals surface area contributed by atoms with Crippen molar-refractivity contribution in [2.75, 3.05) is 27.2 Å². The van der Waals surface area contributed by atoms with Crippen LogP contribution in [0.2, 0.25) is 0 Å². The SMILES string of the molecule is CN(C)CCNC(=O)[C@]12CCC(C)(C)CC1=C1CC[C@@H]3[C@@]4(C)CC[C@H](CCC(=O)c5ccccc5C(=O)O)C(C)(C)[C@@H]4CC[C@@]3(C)[C@]1(C)CC2. The van der Waals surface area contributed by atoms with Gasteiger partial charge in [-0.15, -0.1) is 0 Å². The van der Waals surface area contributed by atoms with Crippen LogP contribution in [-0.4, -0.2) is 54.9 Å². The number of ketones is 1. The molecule has 0 radical (unpaired) electrons. The predicted octanol–water partition coefficient (Wildman–Crippen LogP) is 9.59. The molecule has 0 bridgehead atoms. The first-order valence-electron chi connectivity index (χ1n) is 19.8. The third kappa shape index (κ3) is 5.82. The van der Waals surface area contributed by atoms with E-state index in [9.17, 15) is 19.5 Å². The zero-order valence-electron chi connectivity index (χ0n) is 32.8. The smallest absolute Gasteiger partial charge is 0.336 e. The van der Waals surface area contributed by atoms with Crippen molar-refractivity contribution < 1.29 is 19.5 Å². The number of likely N-dealkylation sites (N-methyl/N-ethyl adjacent to an activating group) is 1. The lowest BCUT2D eigenvalue weighted by Crippen LogP contribution is -2.64. The fourth-order valence-corrected chi connectivity index (χ4v) is 13.1. The van der Waals surface area contributed by atoms with Gasteiger partial charge in [-0.25, -0.2) is 4.79 Å². The highest BCUT2D eigenvalue weighted by Crippen LogP contribution is 2.76. The van der Waals surface area contributed by atoms with Crippen LogP contribution in [-0.2, 0) is 4.79 Å². The number of benzene rings is 1. The normalized spacial score (nSPS) is 37.2. The van der Waals surface area contributed by atoms with E-state index in [1.54, 1.807) is 29.8 Å². The molecule has 4 fully saturated rings. The minimum Gasteiger partial charge on any atom is -0.478 e. The Labute approximate surface area is 302 Å². The zero-order valence-corrected chi connectivity index (χ0v) is 32.8. The van der Waals surface area contributed by atoms with Crippen LogP contribution in [0.3, 0.4) is 0 Å². The van der Waals surface area contributed by atoms with E-state index in [2.05, 4.69) is 72.8 Å². The summed E-state index contributed by atoms with van der Waals surface area (Å²) in [5, 5.41) is 13.1. The Morgan fingerprint density at radius 1 is 0.820 bits per heavy atom. The molecule has 50 heavy (non-hydrogen) atoms. The molecule has 276 valence electrons. The van der Waals surface area contributed by atoms with Crippen molar-refractivity contribution in [2.45, 2.75) is 132 Å². The summed E-state index contributed by atoms with van der Waals surface area (Å²) in [6.07, 6.45) is 13.5. The maximum Gasteiger partial charge on any atom is 0.336 e. The summed E-state index contributed by atoms with van der Waals surface area (Å²) in [7, 11) is 4.14. The maximum atomic E-state index is 14.2. The van der Waals surface area contributed by atoms with Gasteiger partial charge in [0, 0.05) is 25.1 Å². The lowest BCUT2D eigenvalue weighted by atomic mass is 9.33. The number of carbonyl (C=O) groups excluding carboxylic acids is 2. The van der Waals surface area contributed by atoms with Crippen molar-refractivity contribution in [1.29, 1.82) is 0 Å². The molecule has 6 heteroatoms. The summed E-state index contributed by atoms with van der Waals surface area (Å²) >= 11 is 0. The second kappa shape index (κ2) is 12.9. The Kier molecular flexibility index (Phi) is 9.61. The number of allylic oxidation sites excluding steroid dienone is 1. The number of nitrogens with zero attached hydrogens (tertiary/aromatic N) is 1. The molecule has 7 atom stereocenters. The van der Waals surface area contributed by atoms with Gasteiger partial charge in [0.05, 0.1) is 11.0 Å². The summed E-state index contributed by atoms with van der Waals surface area (Å²) in [6, 6.07) is 6.67. The first-order chi connectivity index (χ1) is 23.3. The first-order valence-corrected chi connectivity index (χ1v) is 19.8. The first kappa shape index (κ1) is 37.3. The van der Waals surface area contributed by atoms with Gasteiger partial charge in [0.25, 0.3) is 0 Å². The molecule has 1 aromatic carbocycles. The molecule has 6 nitrogen and oxygen atoms in total. The summed E-state index contributed by atoms with van der Waals surface area (Å²) < 4.78 is 0. The number of carboxylic acid groups (broad SMARTS) is 1. The van der Waals surface area contributed by atoms with E-state index in [1.807, 2.05) is 0 Å². The maximum absolute atomic E-state index is 14.2. The van der Waals surface area contributed by atoms with Crippen LogP contribution in [0, 0.1) is 50.2 Å². The van der Waals surface area contributed by atoms with Crippen LogP contribution in [0.5, 0.6) is 0 Å². The number of carbonyl (C=O) groups is 3. The number of nitrogens with one attached hydrogen (secondary N) is 1. The van der Waals surface area contributed by atoms with Gasteiger partial charge in [0.15, 0.2) is 5.78 Å². The third-order valence-corrected chi connectivity index (χ3v) is 16.2. The van der Waals surface area contributed by atoms with E-state index in [1.165, 1.54) is 31.3 Å². The lowest BCUT2D eigenvalue weighted by molar-refractivity contribution is -0.194. The Bertz CT molecular complexity index is 1560. The van der Waals surface area contributed by atoms with Gasteiger partial charge >= 0.3 is 5.97 Å². The highest BCUT2D eigenvalue weighted by Gasteiger charge is 2.68.